The Hall–Kier alpha value is -0.280. The van der Waals surface area contributed by atoms with E-state index in [1.54, 1.807) is 0 Å². The standard InChI is InChI=1S/C23H46N4O3/c1-4-21-17-25(10-14-29-21)8-6-23(24,19-27-12-13-28-20(3)16-27)7-9-26-11-15-30-22(5-2)18-26/h20-22H,4-19,24H2,1-3H3. The normalized spacial score (nSPS) is 32.2. The second kappa shape index (κ2) is 12.1. The van der Waals surface area contributed by atoms with Crippen LogP contribution in [0.5, 0.6) is 0 Å². The van der Waals surface area contributed by atoms with E-state index in [0.29, 0.717) is 18.3 Å². The fourth-order valence-electron chi connectivity index (χ4n) is 4.99. The summed E-state index contributed by atoms with van der Waals surface area (Å²) in [6.07, 6.45) is 5.32. The monoisotopic (exact) mass is 426 g/mol. The molecule has 0 radical (unpaired) electrons. The Balaban J connectivity index is 1.55. The molecule has 3 aliphatic heterocycles. The molecule has 30 heavy (non-hydrogen) atoms. The van der Waals surface area contributed by atoms with Crippen molar-refractivity contribution in [3.63, 3.8) is 0 Å². The molecular weight excluding hydrogens is 380 g/mol. The van der Waals surface area contributed by atoms with Crippen molar-refractivity contribution in [1.82, 2.24) is 14.7 Å². The highest BCUT2D eigenvalue weighted by atomic mass is 16.5. The van der Waals surface area contributed by atoms with E-state index in [2.05, 4.69) is 35.5 Å². The highest BCUT2D eigenvalue weighted by Crippen LogP contribution is 2.20. The number of ether oxygens (including phenoxy) is 3. The smallest absolute Gasteiger partial charge is 0.0700 e. The fourth-order valence-corrected chi connectivity index (χ4v) is 4.99. The average molecular weight is 427 g/mol. The Kier molecular flexibility index (Phi) is 9.82. The Bertz CT molecular complexity index is 467. The molecule has 0 aromatic rings. The van der Waals surface area contributed by atoms with E-state index in [0.717, 1.165) is 104 Å². The van der Waals surface area contributed by atoms with E-state index in [1.807, 2.05) is 0 Å². The Morgan fingerprint density at radius 3 is 1.77 bits per heavy atom. The van der Waals surface area contributed by atoms with Gasteiger partial charge in [0.2, 0.25) is 0 Å². The zero-order chi connectivity index (χ0) is 21.4. The molecule has 0 bridgehead atoms. The van der Waals surface area contributed by atoms with Crippen LogP contribution < -0.4 is 5.73 Å². The minimum absolute atomic E-state index is 0.170. The van der Waals surface area contributed by atoms with Crippen molar-refractivity contribution < 1.29 is 14.2 Å². The van der Waals surface area contributed by atoms with E-state index in [-0.39, 0.29) is 5.54 Å². The minimum Gasteiger partial charge on any atom is -0.376 e. The average Bonchev–Trinajstić information content (AvgIpc) is 2.77. The highest BCUT2D eigenvalue weighted by Gasteiger charge is 2.32. The third-order valence-electron chi connectivity index (χ3n) is 7.07. The van der Waals surface area contributed by atoms with Gasteiger partial charge < -0.3 is 19.9 Å². The molecule has 7 nitrogen and oxygen atoms in total. The van der Waals surface area contributed by atoms with Crippen LogP contribution in [0.4, 0.5) is 0 Å². The number of morpholine rings is 3. The lowest BCUT2D eigenvalue weighted by atomic mass is 9.90. The van der Waals surface area contributed by atoms with Crippen LogP contribution in [0.3, 0.4) is 0 Å². The van der Waals surface area contributed by atoms with Crippen LogP contribution in [0.15, 0.2) is 0 Å². The third-order valence-corrected chi connectivity index (χ3v) is 7.07. The van der Waals surface area contributed by atoms with Gasteiger partial charge in [0.15, 0.2) is 0 Å². The summed E-state index contributed by atoms with van der Waals surface area (Å²) in [4.78, 5) is 7.64. The molecule has 7 heteroatoms. The minimum atomic E-state index is -0.170. The van der Waals surface area contributed by atoms with Gasteiger partial charge >= 0.3 is 0 Å². The summed E-state index contributed by atoms with van der Waals surface area (Å²) < 4.78 is 17.5. The van der Waals surface area contributed by atoms with Crippen molar-refractivity contribution >= 4 is 0 Å². The summed E-state index contributed by atoms with van der Waals surface area (Å²) >= 11 is 0. The van der Waals surface area contributed by atoms with Crippen molar-refractivity contribution in [2.45, 2.75) is 70.3 Å². The molecule has 0 amide bonds. The molecule has 0 spiro atoms. The zero-order valence-corrected chi connectivity index (χ0v) is 19.7. The predicted molar refractivity (Wildman–Crippen MR) is 121 cm³/mol. The van der Waals surface area contributed by atoms with Crippen molar-refractivity contribution in [1.29, 1.82) is 0 Å². The zero-order valence-electron chi connectivity index (χ0n) is 19.7. The Labute approximate surface area is 184 Å². The first-order chi connectivity index (χ1) is 14.5. The van der Waals surface area contributed by atoms with Gasteiger partial charge in [0.25, 0.3) is 0 Å². The molecule has 3 saturated heterocycles. The molecule has 2 N–H and O–H groups in total. The summed E-state index contributed by atoms with van der Waals surface area (Å²) in [6, 6.07) is 0. The van der Waals surface area contributed by atoms with Gasteiger partial charge in [-0.1, -0.05) is 13.8 Å². The van der Waals surface area contributed by atoms with E-state index >= 15 is 0 Å². The van der Waals surface area contributed by atoms with Crippen LogP contribution in [0, 0.1) is 0 Å². The maximum atomic E-state index is 7.14. The molecule has 3 fully saturated rings. The van der Waals surface area contributed by atoms with Gasteiger partial charge in [-0.2, -0.15) is 0 Å². The van der Waals surface area contributed by atoms with Crippen LogP contribution in [0.25, 0.3) is 0 Å². The predicted octanol–water partition coefficient (Wildman–Crippen LogP) is 1.41. The topological polar surface area (TPSA) is 63.4 Å². The molecule has 0 saturated carbocycles. The van der Waals surface area contributed by atoms with E-state index in [4.69, 9.17) is 19.9 Å². The maximum Gasteiger partial charge on any atom is 0.0700 e. The Morgan fingerprint density at radius 2 is 1.27 bits per heavy atom. The van der Waals surface area contributed by atoms with E-state index in [1.165, 1.54) is 0 Å². The molecule has 176 valence electrons. The molecule has 3 atom stereocenters. The first-order valence-electron chi connectivity index (χ1n) is 12.3. The van der Waals surface area contributed by atoms with Crippen LogP contribution in [-0.2, 0) is 14.2 Å². The van der Waals surface area contributed by atoms with Crippen molar-refractivity contribution in [2.75, 3.05) is 78.7 Å². The van der Waals surface area contributed by atoms with Gasteiger partial charge in [-0.15, -0.1) is 0 Å². The van der Waals surface area contributed by atoms with Gasteiger partial charge in [-0.05, 0) is 32.6 Å². The van der Waals surface area contributed by atoms with E-state index < -0.39 is 0 Å². The fraction of sp³-hybridized carbons (Fsp3) is 1.00. The summed E-state index contributed by atoms with van der Waals surface area (Å²) in [7, 11) is 0. The lowest BCUT2D eigenvalue weighted by Crippen LogP contribution is -2.57. The third kappa shape index (κ3) is 7.69. The van der Waals surface area contributed by atoms with Crippen molar-refractivity contribution in [3.8, 4) is 0 Å². The largest absolute Gasteiger partial charge is 0.376 e. The highest BCUT2D eigenvalue weighted by molar-refractivity contribution is 4.92. The lowest BCUT2D eigenvalue weighted by molar-refractivity contribution is -0.0423. The van der Waals surface area contributed by atoms with E-state index in [9.17, 15) is 0 Å². The second-order valence-corrected chi connectivity index (χ2v) is 9.68. The van der Waals surface area contributed by atoms with Crippen LogP contribution in [-0.4, -0.2) is 117 Å². The molecule has 0 aromatic heterocycles. The summed E-state index contributed by atoms with van der Waals surface area (Å²) in [5.41, 5.74) is 6.98. The number of nitrogens with zero attached hydrogens (tertiary/aromatic N) is 3. The number of rotatable bonds is 10. The van der Waals surface area contributed by atoms with Gasteiger partial charge in [0.1, 0.15) is 0 Å². The SMILES string of the molecule is CCC1CN(CCC(N)(CCN2CCOC(CC)C2)CN2CCOC(C)C2)CCO1. The number of nitrogens with two attached hydrogens (primary N) is 1. The van der Waals surface area contributed by atoms with Crippen LogP contribution in [0.1, 0.15) is 46.5 Å². The van der Waals surface area contributed by atoms with Crippen molar-refractivity contribution in [2.24, 2.45) is 5.73 Å². The van der Waals surface area contributed by atoms with Gasteiger partial charge in [0.05, 0.1) is 38.1 Å². The molecule has 3 rings (SSSR count). The lowest BCUT2D eigenvalue weighted by Gasteiger charge is -2.42. The Morgan fingerprint density at radius 1 is 0.767 bits per heavy atom. The van der Waals surface area contributed by atoms with Gasteiger partial charge in [-0.3, -0.25) is 14.7 Å². The first kappa shape index (κ1) is 24.4. The van der Waals surface area contributed by atoms with Gasteiger partial charge in [0, 0.05) is 64.4 Å². The quantitative estimate of drug-likeness (QED) is 0.567. The number of hydrogen-bond donors (Lipinski definition) is 1. The summed E-state index contributed by atoms with van der Waals surface area (Å²) in [6.45, 7) is 18.3. The molecule has 0 aromatic carbocycles. The maximum absolute atomic E-state index is 7.14. The van der Waals surface area contributed by atoms with Crippen molar-refractivity contribution in [3.05, 3.63) is 0 Å². The van der Waals surface area contributed by atoms with Crippen LogP contribution >= 0.6 is 0 Å². The molecule has 0 aliphatic carbocycles. The molecule has 3 aliphatic rings. The van der Waals surface area contributed by atoms with Crippen LogP contribution in [0.2, 0.25) is 0 Å². The molecule has 3 unspecified atom stereocenters. The number of hydrogen-bond acceptors (Lipinski definition) is 7. The summed E-state index contributed by atoms with van der Waals surface area (Å²) in [5.74, 6) is 0. The molecular formula is C23H46N4O3. The van der Waals surface area contributed by atoms with Gasteiger partial charge in [-0.25, -0.2) is 0 Å². The molecule has 3 heterocycles. The first-order valence-corrected chi connectivity index (χ1v) is 12.3. The second-order valence-electron chi connectivity index (χ2n) is 9.68. The summed E-state index contributed by atoms with van der Waals surface area (Å²) in [5, 5.41) is 0.